The van der Waals surface area contributed by atoms with E-state index in [1.54, 1.807) is 12.1 Å². The van der Waals surface area contributed by atoms with Crippen molar-refractivity contribution in [3.8, 4) is 0 Å². The zero-order valence-electron chi connectivity index (χ0n) is 16.4. The van der Waals surface area contributed by atoms with Crippen LogP contribution >= 0.6 is 0 Å². The quantitative estimate of drug-likeness (QED) is 0.630. The Labute approximate surface area is 166 Å². The smallest absolute Gasteiger partial charge is 0.123 e. The molecule has 0 saturated carbocycles. The molecule has 0 saturated heterocycles. The molecule has 4 heteroatoms. The summed E-state index contributed by atoms with van der Waals surface area (Å²) in [6.07, 6.45) is 4.08. The highest BCUT2D eigenvalue weighted by molar-refractivity contribution is 5.31. The van der Waals surface area contributed by atoms with Gasteiger partial charge in [-0.2, -0.15) is 0 Å². The van der Waals surface area contributed by atoms with Crippen LogP contribution in [0.4, 0.5) is 4.39 Å². The SMILES string of the molecule is Cn1cccc1CNCCN1Cc2ccccc2CC1Cc1ccc(F)cc1. The molecule has 1 aliphatic heterocycles. The first-order valence-corrected chi connectivity index (χ1v) is 10.1. The summed E-state index contributed by atoms with van der Waals surface area (Å²) < 4.78 is 15.4. The molecular formula is C24H28FN3. The van der Waals surface area contributed by atoms with E-state index in [0.29, 0.717) is 6.04 Å². The van der Waals surface area contributed by atoms with E-state index >= 15 is 0 Å². The van der Waals surface area contributed by atoms with Crippen molar-refractivity contribution in [3.05, 3.63) is 95.1 Å². The second-order valence-corrected chi connectivity index (χ2v) is 7.71. The fourth-order valence-corrected chi connectivity index (χ4v) is 4.12. The summed E-state index contributed by atoms with van der Waals surface area (Å²) in [5, 5.41) is 3.58. The lowest BCUT2D eigenvalue weighted by molar-refractivity contribution is 0.170. The minimum atomic E-state index is -0.167. The highest BCUT2D eigenvalue weighted by Crippen LogP contribution is 2.25. The first-order chi connectivity index (χ1) is 13.7. The molecule has 1 aliphatic rings. The van der Waals surface area contributed by atoms with E-state index in [2.05, 4.69) is 64.4 Å². The van der Waals surface area contributed by atoms with Gasteiger partial charge in [0.25, 0.3) is 0 Å². The van der Waals surface area contributed by atoms with Gasteiger partial charge in [-0.3, -0.25) is 4.90 Å². The van der Waals surface area contributed by atoms with Gasteiger partial charge in [0.05, 0.1) is 0 Å². The van der Waals surface area contributed by atoms with Gasteiger partial charge in [-0.25, -0.2) is 4.39 Å². The number of nitrogens with zero attached hydrogens (tertiary/aromatic N) is 2. The number of hydrogen-bond donors (Lipinski definition) is 1. The van der Waals surface area contributed by atoms with Crippen molar-refractivity contribution >= 4 is 0 Å². The molecule has 0 radical (unpaired) electrons. The van der Waals surface area contributed by atoms with Crippen molar-refractivity contribution in [3.63, 3.8) is 0 Å². The topological polar surface area (TPSA) is 20.2 Å². The summed E-state index contributed by atoms with van der Waals surface area (Å²) in [6, 6.07) is 20.4. The molecule has 28 heavy (non-hydrogen) atoms. The van der Waals surface area contributed by atoms with Gasteiger partial charge in [-0.15, -0.1) is 0 Å². The van der Waals surface area contributed by atoms with E-state index in [1.165, 1.54) is 22.4 Å². The standard InChI is InChI=1S/C24H28FN3/c1-27-13-4-7-23(27)17-26-12-14-28-18-21-6-3-2-5-20(21)16-24(28)15-19-8-10-22(25)11-9-19/h2-11,13,24,26H,12,14-18H2,1H3. The molecule has 146 valence electrons. The summed E-state index contributed by atoms with van der Waals surface area (Å²) in [5.74, 6) is -0.167. The molecule has 2 heterocycles. The van der Waals surface area contributed by atoms with Crippen LogP contribution in [0.25, 0.3) is 0 Å². The molecule has 1 N–H and O–H groups in total. The van der Waals surface area contributed by atoms with Crippen LogP contribution in [0.15, 0.2) is 66.9 Å². The first-order valence-electron chi connectivity index (χ1n) is 10.1. The summed E-state index contributed by atoms with van der Waals surface area (Å²) >= 11 is 0. The molecule has 0 aliphatic carbocycles. The van der Waals surface area contributed by atoms with Gasteiger partial charge >= 0.3 is 0 Å². The van der Waals surface area contributed by atoms with E-state index < -0.39 is 0 Å². The van der Waals surface area contributed by atoms with Gasteiger partial charge in [0.1, 0.15) is 5.82 Å². The van der Waals surface area contributed by atoms with E-state index in [0.717, 1.165) is 39.0 Å². The molecule has 0 spiro atoms. The summed E-state index contributed by atoms with van der Waals surface area (Å²) in [5.41, 5.74) is 5.38. The Morgan fingerprint density at radius 2 is 1.79 bits per heavy atom. The Morgan fingerprint density at radius 3 is 2.54 bits per heavy atom. The van der Waals surface area contributed by atoms with Crippen LogP contribution in [0, 0.1) is 5.82 Å². The molecule has 0 amide bonds. The van der Waals surface area contributed by atoms with E-state index in [4.69, 9.17) is 0 Å². The lowest BCUT2D eigenvalue weighted by Crippen LogP contribution is -2.44. The van der Waals surface area contributed by atoms with Gasteiger partial charge in [0.2, 0.25) is 0 Å². The molecule has 1 unspecified atom stereocenters. The molecule has 1 atom stereocenters. The predicted molar refractivity (Wildman–Crippen MR) is 112 cm³/mol. The number of nitrogens with one attached hydrogen (secondary N) is 1. The normalized spacial score (nSPS) is 16.9. The van der Waals surface area contributed by atoms with Gasteiger partial charge in [-0.05, 0) is 53.8 Å². The number of hydrogen-bond acceptors (Lipinski definition) is 2. The van der Waals surface area contributed by atoms with Crippen molar-refractivity contribution in [1.82, 2.24) is 14.8 Å². The minimum absolute atomic E-state index is 0.167. The molecule has 1 aromatic heterocycles. The summed E-state index contributed by atoms with van der Waals surface area (Å²) in [4.78, 5) is 2.57. The van der Waals surface area contributed by atoms with Crippen LogP contribution in [0.3, 0.4) is 0 Å². The maximum absolute atomic E-state index is 13.3. The predicted octanol–water partition coefficient (Wildman–Crippen LogP) is 3.92. The third kappa shape index (κ3) is 4.51. The Balaban J connectivity index is 1.41. The van der Waals surface area contributed by atoms with Gasteiger partial charge in [0, 0.05) is 51.2 Å². The van der Waals surface area contributed by atoms with Crippen LogP contribution in [-0.2, 0) is 33.0 Å². The number of benzene rings is 2. The third-order valence-corrected chi connectivity index (χ3v) is 5.78. The molecule has 4 rings (SSSR count). The monoisotopic (exact) mass is 377 g/mol. The van der Waals surface area contributed by atoms with Gasteiger partial charge in [0.15, 0.2) is 0 Å². The molecule has 2 aromatic carbocycles. The average molecular weight is 378 g/mol. The molecule has 3 nitrogen and oxygen atoms in total. The summed E-state index contributed by atoms with van der Waals surface area (Å²) in [6.45, 7) is 3.82. The number of rotatable bonds is 7. The Bertz CT molecular complexity index is 900. The largest absolute Gasteiger partial charge is 0.353 e. The van der Waals surface area contributed by atoms with Crippen LogP contribution < -0.4 is 5.32 Å². The van der Waals surface area contributed by atoms with Crippen LogP contribution in [0.1, 0.15) is 22.4 Å². The van der Waals surface area contributed by atoms with Crippen molar-refractivity contribution in [2.75, 3.05) is 13.1 Å². The fraction of sp³-hybridized carbons (Fsp3) is 0.333. The van der Waals surface area contributed by atoms with Crippen LogP contribution in [0.2, 0.25) is 0 Å². The molecular weight excluding hydrogens is 349 g/mol. The lowest BCUT2D eigenvalue weighted by Gasteiger charge is -2.37. The molecule has 0 fully saturated rings. The number of halogens is 1. The number of aryl methyl sites for hydroxylation is 1. The Kier molecular flexibility index (Phi) is 5.89. The third-order valence-electron chi connectivity index (χ3n) is 5.78. The average Bonchev–Trinajstić information content (AvgIpc) is 3.12. The molecule has 3 aromatic rings. The lowest BCUT2D eigenvalue weighted by atomic mass is 9.90. The summed E-state index contributed by atoms with van der Waals surface area (Å²) in [7, 11) is 2.08. The van der Waals surface area contributed by atoms with Crippen LogP contribution in [-0.4, -0.2) is 28.6 Å². The van der Waals surface area contributed by atoms with Crippen LogP contribution in [0.5, 0.6) is 0 Å². The highest BCUT2D eigenvalue weighted by atomic mass is 19.1. The second kappa shape index (κ2) is 8.72. The fourth-order valence-electron chi connectivity index (χ4n) is 4.12. The first kappa shape index (κ1) is 18.9. The van der Waals surface area contributed by atoms with Gasteiger partial charge in [-0.1, -0.05) is 36.4 Å². The number of aromatic nitrogens is 1. The Morgan fingerprint density at radius 1 is 1.00 bits per heavy atom. The molecule has 0 bridgehead atoms. The zero-order valence-corrected chi connectivity index (χ0v) is 16.4. The van der Waals surface area contributed by atoms with Crippen molar-refractivity contribution in [2.45, 2.75) is 32.0 Å². The van der Waals surface area contributed by atoms with E-state index in [-0.39, 0.29) is 5.82 Å². The highest BCUT2D eigenvalue weighted by Gasteiger charge is 2.25. The maximum Gasteiger partial charge on any atom is 0.123 e. The second-order valence-electron chi connectivity index (χ2n) is 7.71. The number of fused-ring (bicyclic) bond motifs is 1. The van der Waals surface area contributed by atoms with Crippen molar-refractivity contribution < 1.29 is 4.39 Å². The van der Waals surface area contributed by atoms with E-state index in [9.17, 15) is 4.39 Å². The maximum atomic E-state index is 13.3. The zero-order chi connectivity index (χ0) is 19.3. The van der Waals surface area contributed by atoms with Gasteiger partial charge < -0.3 is 9.88 Å². The van der Waals surface area contributed by atoms with Crippen molar-refractivity contribution in [2.24, 2.45) is 7.05 Å². The van der Waals surface area contributed by atoms with E-state index in [1.807, 2.05) is 12.1 Å². The minimum Gasteiger partial charge on any atom is -0.353 e. The Hall–Kier alpha value is -2.43. The van der Waals surface area contributed by atoms with Crippen molar-refractivity contribution in [1.29, 1.82) is 0 Å².